The summed E-state index contributed by atoms with van der Waals surface area (Å²) in [5.41, 5.74) is 1.61. The van der Waals surface area contributed by atoms with Gasteiger partial charge in [0.25, 0.3) is 0 Å². The molecule has 3 rings (SSSR count). The van der Waals surface area contributed by atoms with E-state index in [9.17, 15) is 26.4 Å². The summed E-state index contributed by atoms with van der Waals surface area (Å²) in [6.07, 6.45) is -3.58. The Balaban J connectivity index is 1.93. The zero-order chi connectivity index (χ0) is 26.9. The van der Waals surface area contributed by atoms with Crippen LogP contribution in [-0.2, 0) is 25.0 Å². The zero-order valence-corrected chi connectivity index (χ0v) is 22.1. The Morgan fingerprint density at radius 2 is 1.86 bits per heavy atom. The number of carbonyl (C=O) groups excluding carboxylic acids is 1. The van der Waals surface area contributed by atoms with Crippen LogP contribution in [0.1, 0.15) is 33.4 Å². The monoisotopic (exact) mass is 561 g/mol. The van der Waals surface area contributed by atoms with Gasteiger partial charge >= 0.3 is 12.3 Å². The quantitative estimate of drug-likeness (QED) is 0.258. The van der Waals surface area contributed by atoms with Gasteiger partial charge in [-0.1, -0.05) is 32.4 Å². The van der Waals surface area contributed by atoms with E-state index in [2.05, 4.69) is 14.7 Å². The zero-order valence-electron chi connectivity index (χ0n) is 19.8. The number of sulfonamides is 1. The topological polar surface area (TPSA) is 89.5 Å². The molecule has 7 nitrogen and oxygen atoms in total. The minimum Gasteiger partial charge on any atom is -0.465 e. The third-order valence-electron chi connectivity index (χ3n) is 4.90. The Morgan fingerprint density at radius 1 is 1.17 bits per heavy atom. The Hall–Kier alpha value is -2.70. The van der Waals surface area contributed by atoms with Crippen molar-refractivity contribution in [3.8, 4) is 21.8 Å². The molecule has 0 spiro atoms. The molecule has 0 radical (unpaired) electrons. The summed E-state index contributed by atoms with van der Waals surface area (Å²) in [7, 11) is -4.92. The molecule has 2 heterocycles. The summed E-state index contributed by atoms with van der Waals surface area (Å²) in [5.74, 6) is -1.86. The van der Waals surface area contributed by atoms with Crippen LogP contribution >= 0.6 is 22.9 Å². The molecular weight excluding hydrogens is 539 g/mol. The van der Waals surface area contributed by atoms with Gasteiger partial charge in [-0.15, -0.1) is 24.5 Å². The standard InChI is InChI=1S/C23H23ClF3N3O4S2/c1-14(31)34-9-10-36(32,33)30(23(25,26)27)16-5-6-17(18(24)12-16)19-13-35-21(29-19)15-7-8-28-20(11-15)22(2,3)4/h5-8,11-13H,9-10H2,1-4H3. The number of pyridine rings is 1. The van der Waals surface area contributed by atoms with Gasteiger partial charge in [-0.05, 0) is 30.3 Å². The van der Waals surface area contributed by atoms with Crippen molar-refractivity contribution >= 4 is 44.6 Å². The number of nitrogens with zero attached hydrogens (tertiary/aromatic N) is 3. The maximum absolute atomic E-state index is 13.7. The minimum absolute atomic E-state index is 0.112. The van der Waals surface area contributed by atoms with Crippen molar-refractivity contribution in [3.05, 3.63) is 52.6 Å². The minimum atomic E-state index is -5.26. The molecule has 13 heteroatoms. The van der Waals surface area contributed by atoms with Crippen LogP contribution < -0.4 is 4.31 Å². The second-order valence-corrected chi connectivity index (χ2v) is 12.0. The second-order valence-electron chi connectivity index (χ2n) is 8.77. The number of hydrogen-bond acceptors (Lipinski definition) is 7. The normalized spacial score (nSPS) is 12.4. The Labute approximate surface area is 216 Å². The molecule has 3 aromatic rings. The van der Waals surface area contributed by atoms with E-state index in [1.54, 1.807) is 11.6 Å². The molecule has 0 saturated heterocycles. The van der Waals surface area contributed by atoms with Gasteiger partial charge in [0.05, 0.1) is 16.4 Å². The summed E-state index contributed by atoms with van der Waals surface area (Å²) in [6, 6.07) is 6.93. The summed E-state index contributed by atoms with van der Waals surface area (Å²) in [4.78, 5) is 19.8. The molecule has 36 heavy (non-hydrogen) atoms. The number of carbonyl (C=O) groups is 1. The summed E-state index contributed by atoms with van der Waals surface area (Å²) >= 11 is 7.62. The van der Waals surface area contributed by atoms with Crippen LogP contribution in [0.2, 0.25) is 5.02 Å². The highest BCUT2D eigenvalue weighted by Crippen LogP contribution is 2.38. The number of aromatic nitrogens is 2. The molecule has 0 aliphatic rings. The highest BCUT2D eigenvalue weighted by molar-refractivity contribution is 7.92. The fourth-order valence-electron chi connectivity index (χ4n) is 3.19. The van der Waals surface area contributed by atoms with Crippen molar-refractivity contribution in [2.45, 2.75) is 39.4 Å². The first-order valence-corrected chi connectivity index (χ1v) is 13.4. The first-order valence-electron chi connectivity index (χ1n) is 10.5. The first kappa shape index (κ1) is 27.9. The second kappa shape index (κ2) is 10.3. The van der Waals surface area contributed by atoms with Crippen molar-refractivity contribution in [1.82, 2.24) is 9.97 Å². The fourth-order valence-corrected chi connectivity index (χ4v) is 5.50. The summed E-state index contributed by atoms with van der Waals surface area (Å²) in [6.45, 7) is 6.41. The van der Waals surface area contributed by atoms with Crippen molar-refractivity contribution in [2.75, 3.05) is 16.7 Å². The largest absolute Gasteiger partial charge is 0.498 e. The Kier molecular flexibility index (Phi) is 8.01. The van der Waals surface area contributed by atoms with Crippen molar-refractivity contribution in [2.24, 2.45) is 0 Å². The number of esters is 1. The molecule has 0 aliphatic heterocycles. The molecule has 194 valence electrons. The van der Waals surface area contributed by atoms with Gasteiger partial charge in [0.1, 0.15) is 17.4 Å². The van der Waals surface area contributed by atoms with Crippen LogP contribution in [0.3, 0.4) is 0 Å². The Bertz CT molecular complexity index is 1370. The highest BCUT2D eigenvalue weighted by atomic mass is 35.5. The summed E-state index contributed by atoms with van der Waals surface area (Å²) in [5, 5.41) is 2.27. The molecule has 2 aromatic heterocycles. The summed E-state index contributed by atoms with van der Waals surface area (Å²) < 4.78 is 69.9. The van der Waals surface area contributed by atoms with E-state index in [-0.39, 0.29) is 10.4 Å². The molecule has 0 unspecified atom stereocenters. The molecular formula is C23H23ClF3N3O4S2. The van der Waals surface area contributed by atoms with Gasteiger partial charge in [0.2, 0.25) is 10.0 Å². The van der Waals surface area contributed by atoms with E-state index in [0.717, 1.165) is 30.3 Å². The van der Waals surface area contributed by atoms with Gasteiger partial charge in [-0.3, -0.25) is 9.78 Å². The number of ether oxygens (including phenoxy) is 1. The SMILES string of the molecule is CC(=O)OCCS(=O)(=O)N(c1ccc(-c2csc(-c3ccnc(C(C)(C)C)c3)n2)c(Cl)c1)C(F)(F)F. The average Bonchev–Trinajstić information content (AvgIpc) is 3.21. The lowest BCUT2D eigenvalue weighted by Gasteiger charge is -2.26. The van der Waals surface area contributed by atoms with Crippen LogP contribution in [0.4, 0.5) is 18.9 Å². The number of anilines is 1. The van der Waals surface area contributed by atoms with Crippen molar-refractivity contribution < 1.29 is 31.1 Å². The number of thiazole rings is 1. The van der Waals surface area contributed by atoms with Gasteiger partial charge in [0.15, 0.2) is 0 Å². The van der Waals surface area contributed by atoms with Gasteiger partial charge in [-0.2, -0.15) is 4.31 Å². The van der Waals surface area contributed by atoms with E-state index in [1.165, 1.54) is 17.4 Å². The predicted molar refractivity (Wildman–Crippen MR) is 133 cm³/mol. The maximum Gasteiger partial charge on any atom is 0.498 e. The van der Waals surface area contributed by atoms with Crippen LogP contribution in [0.15, 0.2) is 41.9 Å². The molecule has 0 aliphatic carbocycles. The van der Waals surface area contributed by atoms with E-state index in [4.69, 9.17) is 11.6 Å². The van der Waals surface area contributed by atoms with Crippen molar-refractivity contribution in [1.29, 1.82) is 0 Å². The van der Waals surface area contributed by atoms with E-state index in [0.29, 0.717) is 16.3 Å². The highest BCUT2D eigenvalue weighted by Gasteiger charge is 2.46. The molecule has 0 fully saturated rings. The van der Waals surface area contributed by atoms with Gasteiger partial charge < -0.3 is 4.74 Å². The smallest absolute Gasteiger partial charge is 0.465 e. The first-order chi connectivity index (χ1) is 16.6. The van der Waals surface area contributed by atoms with Gasteiger partial charge in [-0.25, -0.2) is 13.4 Å². The maximum atomic E-state index is 13.7. The van der Waals surface area contributed by atoms with Crippen LogP contribution in [0, 0.1) is 0 Å². The Morgan fingerprint density at radius 3 is 2.44 bits per heavy atom. The number of benzene rings is 1. The van der Waals surface area contributed by atoms with Crippen LogP contribution in [0.5, 0.6) is 0 Å². The molecule has 0 N–H and O–H groups in total. The van der Waals surface area contributed by atoms with Gasteiger partial charge in [0, 0.05) is 40.7 Å². The predicted octanol–water partition coefficient (Wildman–Crippen LogP) is 6.04. The number of alkyl halides is 3. The lowest BCUT2D eigenvalue weighted by molar-refractivity contribution is -0.140. The van der Waals surface area contributed by atoms with E-state index in [1.807, 2.05) is 32.9 Å². The fraction of sp³-hybridized carbons (Fsp3) is 0.348. The third-order valence-corrected chi connectivity index (χ3v) is 7.76. The average molecular weight is 562 g/mol. The molecule has 0 saturated carbocycles. The number of rotatable bonds is 7. The molecule has 1 aromatic carbocycles. The molecule has 0 amide bonds. The van der Waals surface area contributed by atoms with E-state index >= 15 is 0 Å². The van der Waals surface area contributed by atoms with Crippen LogP contribution in [0.25, 0.3) is 21.8 Å². The molecule has 0 atom stereocenters. The number of hydrogen-bond donors (Lipinski definition) is 0. The third kappa shape index (κ3) is 6.54. The lowest BCUT2D eigenvalue weighted by Crippen LogP contribution is -2.45. The van der Waals surface area contributed by atoms with Crippen LogP contribution in [-0.4, -0.2) is 43.0 Å². The molecule has 0 bridgehead atoms. The van der Waals surface area contributed by atoms with Crippen molar-refractivity contribution in [3.63, 3.8) is 0 Å². The lowest BCUT2D eigenvalue weighted by atomic mass is 9.91. The number of halogens is 4. The van der Waals surface area contributed by atoms with E-state index < -0.39 is 44.6 Å².